The molecule has 0 aliphatic rings. The Morgan fingerprint density at radius 2 is 2.05 bits per heavy atom. The van der Waals surface area contributed by atoms with Gasteiger partial charge in [0, 0.05) is 6.54 Å². The van der Waals surface area contributed by atoms with E-state index < -0.39 is 0 Å². The van der Waals surface area contributed by atoms with Gasteiger partial charge < -0.3 is 10.1 Å². The Bertz CT molecular complexity index is 576. The minimum Gasteiger partial charge on any atom is -0.497 e. The third-order valence-electron chi connectivity index (χ3n) is 2.83. The lowest BCUT2D eigenvalue weighted by atomic mass is 10.1. The van der Waals surface area contributed by atoms with Crippen LogP contribution in [0.15, 0.2) is 24.3 Å². The lowest BCUT2D eigenvalue weighted by molar-refractivity contribution is 0.101. The van der Waals surface area contributed by atoms with Crippen LogP contribution in [0.5, 0.6) is 5.75 Å². The van der Waals surface area contributed by atoms with Crippen LogP contribution in [0, 0.1) is 6.92 Å². The number of aromatic nitrogens is 1. The van der Waals surface area contributed by atoms with E-state index in [4.69, 9.17) is 4.74 Å². The molecule has 0 aliphatic heterocycles. The average molecular weight is 276 g/mol. The number of carbonyl (C=O) groups is 1. The van der Waals surface area contributed by atoms with Gasteiger partial charge >= 0.3 is 0 Å². The molecule has 0 unspecified atom stereocenters. The lowest BCUT2D eigenvalue weighted by Gasteiger charge is -2.06. The van der Waals surface area contributed by atoms with Crippen LogP contribution < -0.4 is 10.1 Å². The summed E-state index contributed by atoms with van der Waals surface area (Å²) >= 11 is 1.32. The second kappa shape index (κ2) is 5.84. The number of Topliss-reactive ketones (excluding diaryl/α,β-unsaturated/α-hetero) is 1. The molecule has 0 amide bonds. The number of methoxy groups -OCH3 is 1. The summed E-state index contributed by atoms with van der Waals surface area (Å²) < 4.78 is 9.33. The van der Waals surface area contributed by atoms with Crippen molar-refractivity contribution in [3.8, 4) is 5.75 Å². The summed E-state index contributed by atoms with van der Waals surface area (Å²) in [5, 5.41) is 4.10. The zero-order valence-corrected chi connectivity index (χ0v) is 12.0. The summed E-state index contributed by atoms with van der Waals surface area (Å²) in [5.41, 5.74) is 2.61. The van der Waals surface area contributed by atoms with E-state index >= 15 is 0 Å². The fourth-order valence-corrected chi connectivity index (χ4v) is 2.67. The van der Waals surface area contributed by atoms with Gasteiger partial charge in [0.25, 0.3) is 0 Å². The SMILES string of the molecule is COc1ccc(CNc2snc(C)c2C(C)=O)cc1. The van der Waals surface area contributed by atoms with E-state index in [-0.39, 0.29) is 5.78 Å². The molecule has 1 aromatic carbocycles. The molecule has 1 aromatic heterocycles. The van der Waals surface area contributed by atoms with Crippen LogP contribution in [-0.4, -0.2) is 17.3 Å². The van der Waals surface area contributed by atoms with Crippen molar-refractivity contribution in [2.24, 2.45) is 0 Å². The highest BCUT2D eigenvalue weighted by atomic mass is 32.1. The molecule has 19 heavy (non-hydrogen) atoms. The largest absolute Gasteiger partial charge is 0.497 e. The maximum atomic E-state index is 11.6. The molecule has 1 heterocycles. The second-order valence-corrected chi connectivity index (χ2v) is 5.00. The number of ether oxygens (including phenoxy) is 1. The predicted molar refractivity (Wildman–Crippen MR) is 77.2 cm³/mol. The molecule has 0 saturated heterocycles. The van der Waals surface area contributed by atoms with Gasteiger partial charge in [0.05, 0.1) is 18.4 Å². The van der Waals surface area contributed by atoms with Gasteiger partial charge in [0.2, 0.25) is 0 Å². The molecule has 2 rings (SSSR count). The third kappa shape index (κ3) is 3.12. The topological polar surface area (TPSA) is 51.2 Å². The Morgan fingerprint density at radius 1 is 1.37 bits per heavy atom. The Labute approximate surface area is 116 Å². The number of nitrogens with one attached hydrogen (secondary N) is 1. The van der Waals surface area contributed by atoms with Gasteiger partial charge in [0.15, 0.2) is 5.78 Å². The third-order valence-corrected chi connectivity index (χ3v) is 3.72. The Kier molecular flexibility index (Phi) is 4.16. The molecule has 5 heteroatoms. The number of rotatable bonds is 5. The minimum absolute atomic E-state index is 0.0449. The van der Waals surface area contributed by atoms with Gasteiger partial charge in [-0.25, -0.2) is 0 Å². The fourth-order valence-electron chi connectivity index (χ4n) is 1.83. The maximum Gasteiger partial charge on any atom is 0.164 e. The molecule has 0 spiro atoms. The summed E-state index contributed by atoms with van der Waals surface area (Å²) in [6.07, 6.45) is 0. The molecule has 4 nitrogen and oxygen atoms in total. The molecule has 100 valence electrons. The normalized spacial score (nSPS) is 10.3. The van der Waals surface area contributed by atoms with Crippen molar-refractivity contribution in [3.63, 3.8) is 0 Å². The maximum absolute atomic E-state index is 11.6. The van der Waals surface area contributed by atoms with Gasteiger partial charge in [-0.15, -0.1) is 0 Å². The van der Waals surface area contributed by atoms with Crippen LogP contribution in [0.4, 0.5) is 5.00 Å². The molecule has 0 fully saturated rings. The van der Waals surface area contributed by atoms with E-state index in [2.05, 4.69) is 9.69 Å². The van der Waals surface area contributed by atoms with Crippen molar-refractivity contribution in [1.82, 2.24) is 4.37 Å². The van der Waals surface area contributed by atoms with Crippen molar-refractivity contribution in [2.45, 2.75) is 20.4 Å². The van der Waals surface area contributed by atoms with Crippen molar-refractivity contribution >= 4 is 22.3 Å². The van der Waals surface area contributed by atoms with Gasteiger partial charge in [-0.3, -0.25) is 4.79 Å². The second-order valence-electron chi connectivity index (χ2n) is 4.23. The average Bonchev–Trinajstić information content (AvgIpc) is 2.78. The quantitative estimate of drug-likeness (QED) is 0.851. The summed E-state index contributed by atoms with van der Waals surface area (Å²) in [7, 11) is 1.65. The number of hydrogen-bond acceptors (Lipinski definition) is 5. The number of nitrogens with zero attached hydrogens (tertiary/aromatic N) is 1. The van der Waals surface area contributed by atoms with Crippen LogP contribution in [0.3, 0.4) is 0 Å². The van der Waals surface area contributed by atoms with Crippen molar-refractivity contribution < 1.29 is 9.53 Å². The molecule has 0 atom stereocenters. The molecule has 0 radical (unpaired) electrons. The van der Waals surface area contributed by atoms with Gasteiger partial charge in [-0.05, 0) is 43.1 Å². The van der Waals surface area contributed by atoms with Gasteiger partial charge in [-0.2, -0.15) is 4.37 Å². The highest BCUT2D eigenvalue weighted by Gasteiger charge is 2.14. The zero-order valence-electron chi connectivity index (χ0n) is 11.2. The molecule has 0 saturated carbocycles. The zero-order chi connectivity index (χ0) is 13.8. The van der Waals surface area contributed by atoms with Crippen LogP contribution in [-0.2, 0) is 6.54 Å². The molecular formula is C14H16N2O2S. The molecule has 0 aliphatic carbocycles. The number of benzene rings is 1. The first-order valence-corrected chi connectivity index (χ1v) is 6.73. The Balaban J connectivity index is 2.08. The summed E-state index contributed by atoms with van der Waals surface area (Å²) in [6.45, 7) is 4.08. The van der Waals surface area contributed by atoms with Crippen molar-refractivity contribution in [2.75, 3.05) is 12.4 Å². The van der Waals surface area contributed by atoms with E-state index in [1.165, 1.54) is 11.5 Å². The minimum atomic E-state index is 0.0449. The van der Waals surface area contributed by atoms with E-state index in [0.717, 1.165) is 22.0 Å². The summed E-state index contributed by atoms with van der Waals surface area (Å²) in [5.74, 6) is 0.880. The van der Waals surface area contributed by atoms with Gasteiger partial charge in [0.1, 0.15) is 10.8 Å². The summed E-state index contributed by atoms with van der Waals surface area (Å²) in [6, 6.07) is 7.82. The van der Waals surface area contributed by atoms with E-state index in [9.17, 15) is 4.79 Å². The van der Waals surface area contributed by atoms with Crippen LogP contribution in [0.2, 0.25) is 0 Å². The highest BCUT2D eigenvalue weighted by Crippen LogP contribution is 2.25. The number of aryl methyl sites for hydroxylation is 1. The predicted octanol–water partition coefficient (Wildman–Crippen LogP) is 3.27. The smallest absolute Gasteiger partial charge is 0.164 e. The van der Waals surface area contributed by atoms with Crippen molar-refractivity contribution in [3.05, 3.63) is 41.1 Å². The molecule has 2 aromatic rings. The van der Waals surface area contributed by atoms with Crippen LogP contribution in [0.1, 0.15) is 28.5 Å². The fraction of sp³-hybridized carbons (Fsp3) is 0.286. The first kappa shape index (κ1) is 13.5. The van der Waals surface area contributed by atoms with Crippen LogP contribution in [0.25, 0.3) is 0 Å². The van der Waals surface area contributed by atoms with Crippen molar-refractivity contribution in [1.29, 1.82) is 0 Å². The monoisotopic (exact) mass is 276 g/mol. The highest BCUT2D eigenvalue weighted by molar-refractivity contribution is 7.10. The van der Waals surface area contributed by atoms with E-state index in [1.54, 1.807) is 14.0 Å². The molecule has 0 bridgehead atoms. The lowest BCUT2D eigenvalue weighted by Crippen LogP contribution is -2.03. The standard InChI is InChI=1S/C14H16N2O2S/c1-9-13(10(2)17)14(19-16-9)15-8-11-4-6-12(18-3)7-5-11/h4-7,15H,8H2,1-3H3. The first-order chi connectivity index (χ1) is 9.11. The number of carbonyl (C=O) groups excluding carboxylic acids is 1. The Morgan fingerprint density at radius 3 is 2.63 bits per heavy atom. The van der Waals surface area contributed by atoms with Gasteiger partial charge in [-0.1, -0.05) is 12.1 Å². The number of ketones is 1. The first-order valence-electron chi connectivity index (χ1n) is 5.96. The number of anilines is 1. The van der Waals surface area contributed by atoms with E-state index in [1.807, 2.05) is 31.2 Å². The van der Waals surface area contributed by atoms with E-state index in [0.29, 0.717) is 12.1 Å². The number of hydrogen-bond donors (Lipinski definition) is 1. The van der Waals surface area contributed by atoms with Crippen LogP contribution >= 0.6 is 11.5 Å². The Hall–Kier alpha value is -1.88. The molecule has 1 N–H and O–H groups in total. The summed E-state index contributed by atoms with van der Waals surface area (Å²) in [4.78, 5) is 11.6. The molecular weight excluding hydrogens is 260 g/mol.